The van der Waals surface area contributed by atoms with E-state index in [1.807, 2.05) is 0 Å². The van der Waals surface area contributed by atoms with Crippen LogP contribution in [0.3, 0.4) is 0 Å². The van der Waals surface area contributed by atoms with E-state index >= 15 is 0 Å². The van der Waals surface area contributed by atoms with Gasteiger partial charge in [0.15, 0.2) is 21.4 Å². The molecule has 1 aliphatic heterocycles. The van der Waals surface area contributed by atoms with Crippen molar-refractivity contribution in [2.45, 2.75) is 16.6 Å². The maximum atomic E-state index is 13.9. The van der Waals surface area contributed by atoms with Gasteiger partial charge in [-0.25, -0.2) is 21.2 Å². The number of nitrogens with zero attached hydrogens (tertiary/aromatic N) is 1. The molecule has 1 aliphatic rings. The van der Waals surface area contributed by atoms with Crippen molar-refractivity contribution in [2.24, 2.45) is 0 Å². The fourth-order valence-corrected chi connectivity index (χ4v) is 6.54. The molecular formula is C18H20FNO5S2. The number of sulfone groups is 1. The molecule has 0 saturated carbocycles. The second-order valence-electron chi connectivity index (χ2n) is 6.26. The second kappa shape index (κ2) is 7.57. The third-order valence-electron chi connectivity index (χ3n) is 4.63. The first-order chi connectivity index (χ1) is 12.8. The Morgan fingerprint density at radius 2 is 1.81 bits per heavy atom. The number of sulfonamides is 1. The Morgan fingerprint density at radius 3 is 2.44 bits per heavy atom. The van der Waals surface area contributed by atoms with Crippen molar-refractivity contribution in [2.75, 3.05) is 26.0 Å². The summed E-state index contributed by atoms with van der Waals surface area (Å²) in [7, 11) is -6.24. The van der Waals surface area contributed by atoms with Gasteiger partial charge in [0.1, 0.15) is 0 Å². The molecule has 1 saturated heterocycles. The molecule has 0 aliphatic carbocycles. The standard InChI is InChI=1S/C18H20FNO5S2/c1-25-17-8-7-15(13-16(17)19)27(23,24)20-10-9-18(26(21,22)12-11-20)14-5-3-2-4-6-14/h2-8,13,18H,9-12H2,1H3. The van der Waals surface area contributed by atoms with Gasteiger partial charge in [-0.3, -0.25) is 0 Å². The molecular weight excluding hydrogens is 393 g/mol. The molecule has 2 aromatic carbocycles. The highest BCUT2D eigenvalue weighted by molar-refractivity contribution is 7.92. The van der Waals surface area contributed by atoms with Gasteiger partial charge in [0.25, 0.3) is 0 Å². The Hall–Kier alpha value is -1.97. The molecule has 0 bridgehead atoms. The van der Waals surface area contributed by atoms with Crippen molar-refractivity contribution in [3.05, 3.63) is 59.9 Å². The molecule has 6 nitrogen and oxygen atoms in total. The monoisotopic (exact) mass is 413 g/mol. The molecule has 3 rings (SSSR count). The molecule has 27 heavy (non-hydrogen) atoms. The number of methoxy groups -OCH3 is 1. The number of ether oxygens (including phenoxy) is 1. The lowest BCUT2D eigenvalue weighted by Crippen LogP contribution is -2.33. The van der Waals surface area contributed by atoms with E-state index in [0.717, 1.165) is 10.4 Å². The summed E-state index contributed by atoms with van der Waals surface area (Å²) in [5.41, 5.74) is 0.646. The van der Waals surface area contributed by atoms with Crippen LogP contribution in [-0.2, 0) is 19.9 Å². The minimum Gasteiger partial charge on any atom is -0.494 e. The summed E-state index contributed by atoms with van der Waals surface area (Å²) in [5.74, 6) is -1.13. The van der Waals surface area contributed by atoms with E-state index in [4.69, 9.17) is 4.74 Å². The Balaban J connectivity index is 1.89. The fourth-order valence-electron chi connectivity index (χ4n) is 3.16. The van der Waals surface area contributed by atoms with Crippen molar-refractivity contribution in [1.82, 2.24) is 4.31 Å². The summed E-state index contributed by atoms with van der Waals surface area (Å²) in [6, 6.07) is 12.1. The van der Waals surface area contributed by atoms with Crippen molar-refractivity contribution in [1.29, 1.82) is 0 Å². The van der Waals surface area contributed by atoms with Crippen molar-refractivity contribution in [3.8, 4) is 5.75 Å². The normalized spacial score (nSPS) is 20.7. The predicted molar refractivity (Wildman–Crippen MR) is 99.3 cm³/mol. The van der Waals surface area contributed by atoms with Gasteiger partial charge in [-0.05, 0) is 30.2 Å². The van der Waals surface area contributed by atoms with E-state index in [-0.39, 0.29) is 35.9 Å². The highest BCUT2D eigenvalue weighted by Gasteiger charge is 2.35. The van der Waals surface area contributed by atoms with Crippen LogP contribution in [0.2, 0.25) is 0 Å². The molecule has 9 heteroatoms. The molecule has 1 unspecified atom stereocenters. The Kier molecular flexibility index (Phi) is 5.55. The largest absolute Gasteiger partial charge is 0.494 e. The van der Waals surface area contributed by atoms with E-state index < -0.39 is 30.9 Å². The quantitative estimate of drug-likeness (QED) is 0.769. The van der Waals surface area contributed by atoms with Gasteiger partial charge < -0.3 is 4.74 Å². The first kappa shape index (κ1) is 19.8. The van der Waals surface area contributed by atoms with Crippen LogP contribution in [0, 0.1) is 5.82 Å². The van der Waals surface area contributed by atoms with Gasteiger partial charge in [-0.15, -0.1) is 0 Å². The summed E-state index contributed by atoms with van der Waals surface area (Å²) >= 11 is 0. The third-order valence-corrected chi connectivity index (χ3v) is 8.65. The number of rotatable bonds is 4. The molecule has 0 aromatic heterocycles. The van der Waals surface area contributed by atoms with Gasteiger partial charge in [0, 0.05) is 13.1 Å². The van der Waals surface area contributed by atoms with Gasteiger partial charge in [0.2, 0.25) is 10.0 Å². The van der Waals surface area contributed by atoms with Gasteiger partial charge in [-0.1, -0.05) is 30.3 Å². The highest BCUT2D eigenvalue weighted by atomic mass is 32.2. The lowest BCUT2D eigenvalue weighted by atomic mass is 10.1. The number of halogens is 1. The molecule has 1 atom stereocenters. The van der Waals surface area contributed by atoms with Crippen LogP contribution < -0.4 is 4.74 Å². The number of hydrogen-bond acceptors (Lipinski definition) is 5. The number of benzene rings is 2. The summed E-state index contributed by atoms with van der Waals surface area (Å²) in [6.07, 6.45) is 0.143. The van der Waals surface area contributed by atoms with Crippen LogP contribution in [0.5, 0.6) is 5.75 Å². The molecule has 0 N–H and O–H groups in total. The molecule has 0 amide bonds. The van der Waals surface area contributed by atoms with E-state index in [1.54, 1.807) is 30.3 Å². The minimum atomic E-state index is -4.02. The van der Waals surface area contributed by atoms with Crippen LogP contribution in [-0.4, -0.2) is 47.1 Å². The van der Waals surface area contributed by atoms with Gasteiger partial charge in [0.05, 0.1) is 23.0 Å². The van der Waals surface area contributed by atoms with Crippen molar-refractivity contribution < 1.29 is 26.0 Å². The maximum Gasteiger partial charge on any atom is 0.243 e. The third kappa shape index (κ3) is 3.99. The lowest BCUT2D eigenvalue weighted by molar-refractivity contribution is 0.385. The first-order valence-corrected chi connectivity index (χ1v) is 11.5. The average molecular weight is 413 g/mol. The molecule has 2 aromatic rings. The van der Waals surface area contributed by atoms with Gasteiger partial charge in [-0.2, -0.15) is 4.31 Å². The van der Waals surface area contributed by atoms with E-state index in [0.29, 0.717) is 5.56 Å². The first-order valence-electron chi connectivity index (χ1n) is 8.36. The fraction of sp³-hybridized carbons (Fsp3) is 0.333. The van der Waals surface area contributed by atoms with Crippen molar-refractivity contribution in [3.63, 3.8) is 0 Å². The van der Waals surface area contributed by atoms with Crippen LogP contribution in [0.4, 0.5) is 4.39 Å². The van der Waals surface area contributed by atoms with E-state index in [1.165, 1.54) is 19.2 Å². The summed E-state index contributed by atoms with van der Waals surface area (Å²) < 4.78 is 70.9. The number of hydrogen-bond donors (Lipinski definition) is 0. The smallest absolute Gasteiger partial charge is 0.243 e. The van der Waals surface area contributed by atoms with E-state index in [9.17, 15) is 21.2 Å². The lowest BCUT2D eigenvalue weighted by Gasteiger charge is -2.20. The van der Waals surface area contributed by atoms with Crippen LogP contribution >= 0.6 is 0 Å². The second-order valence-corrected chi connectivity index (χ2v) is 10.5. The average Bonchev–Trinajstić information content (AvgIpc) is 2.80. The highest BCUT2D eigenvalue weighted by Crippen LogP contribution is 2.31. The molecule has 0 radical (unpaired) electrons. The summed E-state index contributed by atoms with van der Waals surface area (Å²) in [6.45, 7) is -0.129. The zero-order chi connectivity index (χ0) is 19.7. The zero-order valence-electron chi connectivity index (χ0n) is 14.7. The molecule has 1 heterocycles. The van der Waals surface area contributed by atoms with Crippen LogP contribution in [0.15, 0.2) is 53.4 Å². The summed E-state index contributed by atoms with van der Waals surface area (Å²) in [4.78, 5) is -0.226. The Morgan fingerprint density at radius 1 is 1.11 bits per heavy atom. The zero-order valence-corrected chi connectivity index (χ0v) is 16.3. The minimum absolute atomic E-state index is 0.0365. The summed E-state index contributed by atoms with van der Waals surface area (Å²) in [5, 5.41) is -0.758. The predicted octanol–water partition coefficient (Wildman–Crippen LogP) is 2.38. The molecule has 0 spiro atoms. The molecule has 1 fully saturated rings. The Bertz CT molecular complexity index is 1020. The molecule has 146 valence electrons. The van der Waals surface area contributed by atoms with Crippen LogP contribution in [0.25, 0.3) is 0 Å². The topological polar surface area (TPSA) is 80.8 Å². The van der Waals surface area contributed by atoms with Gasteiger partial charge >= 0.3 is 0 Å². The maximum absolute atomic E-state index is 13.9. The van der Waals surface area contributed by atoms with E-state index in [2.05, 4.69) is 0 Å². The van der Waals surface area contributed by atoms with Crippen molar-refractivity contribution >= 4 is 19.9 Å². The van der Waals surface area contributed by atoms with Crippen LogP contribution in [0.1, 0.15) is 17.2 Å². The SMILES string of the molecule is COc1ccc(S(=O)(=O)N2CCC(c3ccccc3)S(=O)(=O)CC2)cc1F. The Labute approximate surface area is 158 Å².